The number of amides is 1. The molecule has 1 fully saturated rings. The van der Waals surface area contributed by atoms with Crippen molar-refractivity contribution in [2.45, 2.75) is 57.8 Å². The van der Waals surface area contributed by atoms with Crippen molar-refractivity contribution >= 4 is 5.91 Å². The lowest BCUT2D eigenvalue weighted by molar-refractivity contribution is -0.137. The van der Waals surface area contributed by atoms with Gasteiger partial charge >= 0.3 is 0 Å². The first-order chi connectivity index (χ1) is 17.6. The van der Waals surface area contributed by atoms with E-state index in [1.165, 1.54) is 0 Å². The van der Waals surface area contributed by atoms with E-state index < -0.39 is 30.3 Å². The van der Waals surface area contributed by atoms with Crippen LogP contribution >= 0.6 is 0 Å². The van der Waals surface area contributed by atoms with Gasteiger partial charge in [0.25, 0.3) is 5.92 Å². The summed E-state index contributed by atoms with van der Waals surface area (Å²) in [5.41, 5.74) is 2.42. The molecular weight excluding hydrogens is 470 g/mol. The molecule has 1 aliphatic heterocycles. The Balaban J connectivity index is 1.45. The molecule has 0 aromatic heterocycles. The lowest BCUT2D eigenvalue weighted by Crippen LogP contribution is -2.41. The van der Waals surface area contributed by atoms with Gasteiger partial charge in [-0.15, -0.1) is 0 Å². The lowest BCUT2D eigenvalue weighted by atomic mass is 9.91. The molecule has 4 rings (SSSR count). The van der Waals surface area contributed by atoms with Crippen molar-refractivity contribution in [3.05, 3.63) is 102 Å². The number of rotatable bonds is 11. The first-order valence-electron chi connectivity index (χ1n) is 12.8. The topological polar surface area (TPSA) is 32.8 Å². The third-order valence-electron chi connectivity index (χ3n) is 7.09. The van der Waals surface area contributed by atoms with E-state index in [4.69, 9.17) is 4.74 Å². The number of halogens is 2. The van der Waals surface area contributed by atoms with Crippen molar-refractivity contribution in [3.63, 3.8) is 0 Å². The molecule has 1 unspecified atom stereocenters. The third-order valence-corrected chi connectivity index (χ3v) is 7.09. The fourth-order valence-corrected chi connectivity index (χ4v) is 5.29. The molecule has 37 heavy (non-hydrogen) atoms. The van der Waals surface area contributed by atoms with Crippen LogP contribution in [0.5, 0.6) is 5.75 Å². The molecule has 3 aromatic carbocycles. The highest BCUT2D eigenvalue weighted by atomic mass is 19.3. The first-order valence-corrected chi connectivity index (χ1v) is 12.8. The second kappa shape index (κ2) is 11.4. The van der Waals surface area contributed by atoms with Crippen molar-refractivity contribution in [3.8, 4) is 5.75 Å². The highest BCUT2D eigenvalue weighted by molar-refractivity contribution is 5.82. The molecule has 4 nitrogen and oxygen atoms in total. The third kappa shape index (κ3) is 7.16. The van der Waals surface area contributed by atoms with Crippen LogP contribution in [0.1, 0.15) is 43.4 Å². The predicted octanol–water partition coefficient (Wildman–Crippen LogP) is 6.55. The molecule has 1 aliphatic rings. The van der Waals surface area contributed by atoms with Gasteiger partial charge in [-0.2, -0.15) is 0 Å². The van der Waals surface area contributed by atoms with Crippen LogP contribution in [0.25, 0.3) is 0 Å². The standard InChI is InChI=1S/C31H36F2N2O2/c1-30(2)18-27(29(36)35(30)22-26-14-16-28(37-3)17-15-26)19-31(32,33)23-34(20-24-10-6-4-7-11-24)21-25-12-8-5-9-13-25/h4-17,27H,18-23H2,1-3H3. The number of benzene rings is 3. The summed E-state index contributed by atoms with van der Waals surface area (Å²) in [6, 6.07) is 26.9. The van der Waals surface area contributed by atoms with Crippen LogP contribution in [-0.4, -0.2) is 40.8 Å². The van der Waals surface area contributed by atoms with Gasteiger partial charge in [-0.05, 0) is 49.1 Å². The number of alkyl halides is 2. The second-order valence-electron chi connectivity index (χ2n) is 10.7. The zero-order valence-corrected chi connectivity index (χ0v) is 21.9. The zero-order valence-electron chi connectivity index (χ0n) is 21.9. The second-order valence-corrected chi connectivity index (χ2v) is 10.7. The predicted molar refractivity (Wildman–Crippen MR) is 142 cm³/mol. The van der Waals surface area contributed by atoms with Gasteiger partial charge in [0.15, 0.2) is 0 Å². The molecule has 0 N–H and O–H groups in total. The smallest absolute Gasteiger partial charge is 0.261 e. The Morgan fingerprint density at radius 2 is 1.43 bits per heavy atom. The molecule has 6 heteroatoms. The van der Waals surface area contributed by atoms with Crippen LogP contribution in [0.3, 0.4) is 0 Å². The van der Waals surface area contributed by atoms with E-state index in [1.807, 2.05) is 98.8 Å². The number of carbonyl (C=O) groups is 1. The van der Waals surface area contributed by atoms with E-state index in [-0.39, 0.29) is 5.91 Å². The zero-order chi connectivity index (χ0) is 26.5. The van der Waals surface area contributed by atoms with Gasteiger partial charge < -0.3 is 9.64 Å². The summed E-state index contributed by atoms with van der Waals surface area (Å²) in [6.45, 7) is 4.75. The SMILES string of the molecule is COc1ccc(CN2C(=O)C(CC(F)(F)CN(Cc3ccccc3)Cc3ccccc3)CC2(C)C)cc1. The highest BCUT2D eigenvalue weighted by Crippen LogP contribution is 2.40. The molecule has 0 radical (unpaired) electrons. The minimum Gasteiger partial charge on any atom is -0.497 e. The summed E-state index contributed by atoms with van der Waals surface area (Å²) < 4.78 is 36.3. The molecule has 0 aliphatic carbocycles. The summed E-state index contributed by atoms with van der Waals surface area (Å²) in [4.78, 5) is 16.9. The average molecular weight is 507 g/mol. The fourth-order valence-electron chi connectivity index (χ4n) is 5.29. The molecule has 3 aromatic rings. The van der Waals surface area contributed by atoms with Gasteiger partial charge in [0.2, 0.25) is 5.91 Å². The minimum atomic E-state index is -3.00. The van der Waals surface area contributed by atoms with Crippen molar-refractivity contribution in [2.75, 3.05) is 13.7 Å². The molecule has 1 amide bonds. The Morgan fingerprint density at radius 1 is 0.892 bits per heavy atom. The molecule has 0 spiro atoms. The van der Waals surface area contributed by atoms with Gasteiger partial charge in [-0.1, -0.05) is 72.8 Å². The number of carbonyl (C=O) groups excluding carboxylic acids is 1. The normalized spacial score (nSPS) is 17.4. The van der Waals surface area contributed by atoms with Crippen LogP contribution in [0.4, 0.5) is 8.78 Å². The Hall–Kier alpha value is -3.25. The van der Waals surface area contributed by atoms with E-state index in [0.29, 0.717) is 26.1 Å². The van der Waals surface area contributed by atoms with E-state index >= 15 is 8.78 Å². The number of methoxy groups -OCH3 is 1. The maximum absolute atomic E-state index is 15.6. The lowest BCUT2D eigenvalue weighted by Gasteiger charge is -2.31. The van der Waals surface area contributed by atoms with Gasteiger partial charge in [-0.25, -0.2) is 8.78 Å². The van der Waals surface area contributed by atoms with E-state index in [2.05, 4.69) is 0 Å². The van der Waals surface area contributed by atoms with Gasteiger partial charge in [0, 0.05) is 37.5 Å². The maximum atomic E-state index is 15.6. The molecule has 0 saturated carbocycles. The van der Waals surface area contributed by atoms with Crippen LogP contribution < -0.4 is 4.74 Å². The van der Waals surface area contributed by atoms with Crippen molar-refractivity contribution in [1.29, 1.82) is 0 Å². The van der Waals surface area contributed by atoms with Gasteiger partial charge in [0.1, 0.15) is 5.75 Å². The monoisotopic (exact) mass is 506 g/mol. The largest absolute Gasteiger partial charge is 0.497 e. The Kier molecular flexibility index (Phi) is 8.28. The average Bonchev–Trinajstić information content (AvgIpc) is 3.07. The maximum Gasteiger partial charge on any atom is 0.261 e. The van der Waals surface area contributed by atoms with Crippen LogP contribution in [0, 0.1) is 5.92 Å². The number of ether oxygens (including phenoxy) is 1. The summed E-state index contributed by atoms with van der Waals surface area (Å²) in [5, 5.41) is 0. The molecule has 1 atom stereocenters. The van der Waals surface area contributed by atoms with Crippen molar-refractivity contribution < 1.29 is 18.3 Å². The first kappa shape index (κ1) is 26.8. The Labute approximate surface area is 218 Å². The highest BCUT2D eigenvalue weighted by Gasteiger charge is 2.48. The summed E-state index contributed by atoms with van der Waals surface area (Å²) in [6.07, 6.45) is -0.0383. The quantitative estimate of drug-likeness (QED) is 0.296. The molecule has 1 saturated heterocycles. The number of hydrogen-bond donors (Lipinski definition) is 0. The Morgan fingerprint density at radius 3 is 1.95 bits per heavy atom. The van der Waals surface area contributed by atoms with Crippen LogP contribution in [0.2, 0.25) is 0 Å². The van der Waals surface area contributed by atoms with Crippen LogP contribution in [-0.2, 0) is 24.4 Å². The van der Waals surface area contributed by atoms with Crippen LogP contribution in [0.15, 0.2) is 84.9 Å². The number of hydrogen-bond acceptors (Lipinski definition) is 3. The van der Waals surface area contributed by atoms with Crippen molar-refractivity contribution in [2.24, 2.45) is 5.92 Å². The summed E-state index contributed by atoms with van der Waals surface area (Å²) >= 11 is 0. The fraction of sp³-hybridized carbons (Fsp3) is 0.387. The van der Waals surface area contributed by atoms with Gasteiger partial charge in [-0.3, -0.25) is 9.69 Å². The molecular formula is C31H36F2N2O2. The van der Waals surface area contributed by atoms with Gasteiger partial charge in [0.05, 0.1) is 13.7 Å². The number of nitrogens with zero attached hydrogens (tertiary/aromatic N) is 2. The van der Waals surface area contributed by atoms with E-state index in [9.17, 15) is 4.79 Å². The molecule has 1 heterocycles. The summed E-state index contributed by atoms with van der Waals surface area (Å²) in [7, 11) is 1.60. The minimum absolute atomic E-state index is 0.196. The van der Waals surface area contributed by atoms with E-state index in [0.717, 1.165) is 22.4 Å². The Bertz CT molecular complexity index is 1110. The molecule has 196 valence electrons. The van der Waals surface area contributed by atoms with E-state index in [1.54, 1.807) is 16.9 Å². The van der Waals surface area contributed by atoms with Crippen molar-refractivity contribution in [1.82, 2.24) is 9.80 Å². The molecule has 0 bridgehead atoms. The summed E-state index contributed by atoms with van der Waals surface area (Å²) in [5.74, 6) is -3.17. The number of likely N-dealkylation sites (tertiary alicyclic amines) is 1.